The molecule has 4 heterocycles. The lowest BCUT2D eigenvalue weighted by atomic mass is 10.0. The topological polar surface area (TPSA) is 81.3 Å². The van der Waals surface area contributed by atoms with E-state index < -0.39 is 5.60 Å². The minimum atomic E-state index is -0.536. The molecule has 37 heavy (non-hydrogen) atoms. The van der Waals surface area contributed by atoms with Crippen LogP contribution >= 0.6 is 0 Å². The van der Waals surface area contributed by atoms with Gasteiger partial charge < -0.3 is 23.7 Å². The summed E-state index contributed by atoms with van der Waals surface area (Å²) < 4.78 is 15.0. The number of esters is 1. The maximum atomic E-state index is 13.0. The van der Waals surface area contributed by atoms with Crippen molar-refractivity contribution in [1.82, 2.24) is 24.0 Å². The largest absolute Gasteiger partial charge is 0.459 e. The highest BCUT2D eigenvalue weighted by atomic mass is 16.6. The Labute approximate surface area is 218 Å². The Bertz CT molecular complexity index is 1340. The molecule has 1 amide bonds. The van der Waals surface area contributed by atoms with E-state index in [0.29, 0.717) is 31.7 Å². The molecule has 0 unspecified atom stereocenters. The van der Waals surface area contributed by atoms with Gasteiger partial charge in [-0.3, -0.25) is 4.68 Å². The second kappa shape index (κ2) is 9.95. The van der Waals surface area contributed by atoms with Crippen molar-refractivity contribution in [1.29, 1.82) is 0 Å². The molecule has 4 rings (SSSR count). The molecule has 9 heteroatoms. The number of nitrogens with zero attached hydrogens (tertiary/aromatic N) is 5. The summed E-state index contributed by atoms with van der Waals surface area (Å²) in [6.45, 7) is 17.9. The molecule has 1 saturated heterocycles. The van der Waals surface area contributed by atoms with Crippen LogP contribution in [0.3, 0.4) is 0 Å². The Morgan fingerprint density at radius 3 is 2.30 bits per heavy atom. The van der Waals surface area contributed by atoms with Gasteiger partial charge in [0.1, 0.15) is 5.60 Å². The van der Waals surface area contributed by atoms with Crippen molar-refractivity contribution in [2.75, 3.05) is 26.2 Å². The van der Waals surface area contributed by atoms with Gasteiger partial charge in [0.15, 0.2) is 0 Å². The van der Waals surface area contributed by atoms with E-state index in [2.05, 4.69) is 21.0 Å². The third kappa shape index (κ3) is 5.50. The van der Waals surface area contributed by atoms with Gasteiger partial charge in [0.05, 0.1) is 28.8 Å². The maximum Gasteiger partial charge on any atom is 0.410 e. The summed E-state index contributed by atoms with van der Waals surface area (Å²) in [5.74, 6) is -0.359. The predicted octanol–water partition coefficient (Wildman–Crippen LogP) is 4.74. The molecule has 3 aromatic rings. The van der Waals surface area contributed by atoms with Crippen molar-refractivity contribution in [3.8, 4) is 11.3 Å². The average molecular weight is 508 g/mol. The summed E-state index contributed by atoms with van der Waals surface area (Å²) in [5, 5.41) is 4.30. The number of pyridine rings is 1. The number of carbonyl (C=O) groups is 2. The Balaban J connectivity index is 1.70. The van der Waals surface area contributed by atoms with Crippen molar-refractivity contribution in [2.24, 2.45) is 7.05 Å². The van der Waals surface area contributed by atoms with Crippen LogP contribution in [-0.4, -0.2) is 73.9 Å². The number of hydrogen-bond acceptors (Lipinski definition) is 6. The van der Waals surface area contributed by atoms with Crippen molar-refractivity contribution in [3.05, 3.63) is 54.0 Å². The molecule has 198 valence electrons. The van der Waals surface area contributed by atoms with Crippen molar-refractivity contribution in [2.45, 2.75) is 53.2 Å². The van der Waals surface area contributed by atoms with Crippen molar-refractivity contribution < 1.29 is 19.1 Å². The second-order valence-electron chi connectivity index (χ2n) is 10.8. The highest BCUT2D eigenvalue weighted by Crippen LogP contribution is 2.31. The molecule has 0 spiro atoms. The fraction of sp³-hybridized carbons (Fsp3) is 0.464. The summed E-state index contributed by atoms with van der Waals surface area (Å²) in [6, 6.07) is 5.87. The van der Waals surface area contributed by atoms with Crippen LogP contribution in [0.4, 0.5) is 4.79 Å². The van der Waals surface area contributed by atoms with E-state index in [-0.39, 0.29) is 18.2 Å². The zero-order chi connectivity index (χ0) is 27.1. The standard InChI is InChI=1S/C28H37N5O4/c1-18(2)36-26(34)23-16-22-15-21(24-9-10-29-30(24)8)17-33(22)25(19(23)3)20(4)31-11-13-32(14-12-31)27(35)37-28(5,6)7/h9-10,15-18H,4,11-14H2,1-3,5-8H3. The molecule has 1 aliphatic heterocycles. The van der Waals surface area contributed by atoms with E-state index >= 15 is 0 Å². The Morgan fingerprint density at radius 2 is 1.73 bits per heavy atom. The number of piperazine rings is 1. The smallest absolute Gasteiger partial charge is 0.410 e. The molecule has 0 atom stereocenters. The van der Waals surface area contributed by atoms with Crippen LogP contribution in [0.1, 0.15) is 56.2 Å². The van der Waals surface area contributed by atoms with E-state index in [4.69, 9.17) is 9.47 Å². The van der Waals surface area contributed by atoms with Gasteiger partial charge in [0.25, 0.3) is 0 Å². The van der Waals surface area contributed by atoms with Gasteiger partial charge in [-0.15, -0.1) is 0 Å². The number of aromatic nitrogens is 3. The van der Waals surface area contributed by atoms with Gasteiger partial charge >= 0.3 is 12.1 Å². The first-order valence-corrected chi connectivity index (χ1v) is 12.6. The van der Waals surface area contributed by atoms with Crippen LogP contribution in [0.15, 0.2) is 37.2 Å². The lowest BCUT2D eigenvalue weighted by Gasteiger charge is -2.38. The molecule has 9 nitrogen and oxygen atoms in total. The third-order valence-electron chi connectivity index (χ3n) is 6.41. The first kappa shape index (κ1) is 26.3. The molecular weight excluding hydrogens is 470 g/mol. The molecule has 0 N–H and O–H groups in total. The van der Waals surface area contributed by atoms with Crippen LogP contribution < -0.4 is 0 Å². The van der Waals surface area contributed by atoms with E-state index in [0.717, 1.165) is 33.7 Å². The van der Waals surface area contributed by atoms with Crippen LogP contribution in [0, 0.1) is 6.92 Å². The number of aryl methyl sites for hydroxylation is 1. The molecular formula is C28H37N5O4. The van der Waals surface area contributed by atoms with Gasteiger partial charge in [0, 0.05) is 56.7 Å². The number of fused-ring (bicyclic) bond motifs is 1. The predicted molar refractivity (Wildman–Crippen MR) is 143 cm³/mol. The molecule has 1 aliphatic rings. The number of ether oxygens (including phenoxy) is 2. The number of hydrogen-bond donors (Lipinski definition) is 0. The molecule has 0 saturated carbocycles. The summed E-state index contributed by atoms with van der Waals surface area (Å²) in [6.07, 6.45) is 3.28. The number of carbonyl (C=O) groups excluding carboxylic acids is 2. The highest BCUT2D eigenvalue weighted by Gasteiger charge is 2.28. The van der Waals surface area contributed by atoms with Gasteiger partial charge in [-0.05, 0) is 65.3 Å². The van der Waals surface area contributed by atoms with Crippen LogP contribution in [0.5, 0.6) is 0 Å². The highest BCUT2D eigenvalue weighted by molar-refractivity contribution is 5.94. The van der Waals surface area contributed by atoms with Crippen LogP contribution in [-0.2, 0) is 16.5 Å². The summed E-state index contributed by atoms with van der Waals surface area (Å²) in [7, 11) is 1.90. The molecule has 3 aromatic heterocycles. The SMILES string of the molecule is C=C(c1c(C)c(C(=O)OC(C)C)cc2cc(-c3ccnn3C)cn12)N1CCN(C(=O)OC(C)(C)C)CC1. The summed E-state index contributed by atoms with van der Waals surface area (Å²) >= 11 is 0. The summed E-state index contributed by atoms with van der Waals surface area (Å²) in [5.41, 5.74) is 5.22. The van der Waals surface area contributed by atoms with E-state index in [1.165, 1.54) is 0 Å². The molecule has 0 aromatic carbocycles. The lowest BCUT2D eigenvalue weighted by Crippen LogP contribution is -2.49. The van der Waals surface area contributed by atoms with Crippen LogP contribution in [0.25, 0.3) is 22.5 Å². The van der Waals surface area contributed by atoms with Gasteiger partial charge in [0.2, 0.25) is 0 Å². The fourth-order valence-corrected chi connectivity index (χ4v) is 4.63. The van der Waals surface area contributed by atoms with Gasteiger partial charge in [-0.25, -0.2) is 9.59 Å². The quantitative estimate of drug-likeness (QED) is 0.464. The molecule has 1 fully saturated rings. The first-order valence-electron chi connectivity index (χ1n) is 12.6. The Morgan fingerprint density at radius 1 is 1.08 bits per heavy atom. The minimum absolute atomic E-state index is 0.229. The zero-order valence-corrected chi connectivity index (χ0v) is 22.9. The first-order chi connectivity index (χ1) is 17.4. The Hall–Kier alpha value is -3.75. The van der Waals surface area contributed by atoms with E-state index in [1.807, 2.05) is 77.7 Å². The second-order valence-corrected chi connectivity index (χ2v) is 10.8. The third-order valence-corrected chi connectivity index (χ3v) is 6.41. The molecule has 0 bridgehead atoms. The fourth-order valence-electron chi connectivity index (χ4n) is 4.63. The summed E-state index contributed by atoms with van der Waals surface area (Å²) in [4.78, 5) is 29.5. The zero-order valence-electron chi connectivity index (χ0n) is 22.9. The van der Waals surface area contributed by atoms with Gasteiger partial charge in [-0.1, -0.05) is 6.58 Å². The monoisotopic (exact) mass is 507 g/mol. The number of amides is 1. The van der Waals surface area contributed by atoms with E-state index in [9.17, 15) is 9.59 Å². The molecule has 0 radical (unpaired) electrons. The normalized spacial score (nSPS) is 14.4. The minimum Gasteiger partial charge on any atom is -0.459 e. The van der Waals surface area contributed by atoms with Crippen LogP contribution in [0.2, 0.25) is 0 Å². The van der Waals surface area contributed by atoms with E-state index in [1.54, 1.807) is 11.1 Å². The maximum absolute atomic E-state index is 13.0. The number of rotatable bonds is 5. The molecule has 0 aliphatic carbocycles. The van der Waals surface area contributed by atoms with Crippen molar-refractivity contribution >= 4 is 23.3 Å². The Kier molecular flexibility index (Phi) is 7.08. The van der Waals surface area contributed by atoms with Crippen molar-refractivity contribution in [3.63, 3.8) is 0 Å². The average Bonchev–Trinajstić information content (AvgIpc) is 3.42. The van der Waals surface area contributed by atoms with Gasteiger partial charge in [-0.2, -0.15) is 5.10 Å². The lowest BCUT2D eigenvalue weighted by molar-refractivity contribution is 0.0181.